The molecule has 0 fully saturated rings. The van der Waals surface area contributed by atoms with E-state index >= 15 is 0 Å². The Labute approximate surface area is 95.7 Å². The van der Waals surface area contributed by atoms with Gasteiger partial charge in [0.2, 0.25) is 0 Å². The smallest absolute Gasteiger partial charge is 0.128 e. The molecule has 1 rings (SSSR count). The van der Waals surface area contributed by atoms with Crippen LogP contribution < -0.4 is 5.73 Å². The molecule has 1 atom stereocenters. The predicted molar refractivity (Wildman–Crippen MR) is 62.1 cm³/mol. The van der Waals surface area contributed by atoms with Gasteiger partial charge < -0.3 is 5.73 Å². The van der Waals surface area contributed by atoms with Gasteiger partial charge in [0.15, 0.2) is 0 Å². The van der Waals surface area contributed by atoms with Gasteiger partial charge in [0.25, 0.3) is 0 Å². The minimum atomic E-state index is -0.493. The number of halogens is 2. The van der Waals surface area contributed by atoms with E-state index in [9.17, 15) is 8.78 Å². The Kier molecular flexibility index (Phi) is 3.68. The number of hydrogen-bond donors (Lipinski definition) is 1. The topological polar surface area (TPSA) is 26.0 Å². The van der Waals surface area contributed by atoms with Gasteiger partial charge in [-0.05, 0) is 36.5 Å². The van der Waals surface area contributed by atoms with E-state index in [1.165, 1.54) is 12.1 Å². The first-order chi connectivity index (χ1) is 7.29. The van der Waals surface area contributed by atoms with Crippen LogP contribution in [0.1, 0.15) is 44.4 Å². The van der Waals surface area contributed by atoms with Gasteiger partial charge in [0, 0.05) is 11.6 Å². The van der Waals surface area contributed by atoms with E-state index in [4.69, 9.17) is 5.73 Å². The maximum atomic E-state index is 13.7. The van der Waals surface area contributed by atoms with Crippen molar-refractivity contribution in [2.75, 3.05) is 0 Å². The van der Waals surface area contributed by atoms with Crippen LogP contribution in [0.25, 0.3) is 0 Å². The van der Waals surface area contributed by atoms with E-state index in [1.54, 1.807) is 6.92 Å². The van der Waals surface area contributed by atoms with Crippen molar-refractivity contribution in [1.29, 1.82) is 0 Å². The second-order valence-electron chi connectivity index (χ2n) is 4.94. The lowest BCUT2D eigenvalue weighted by Crippen LogP contribution is -2.29. The Balaban J connectivity index is 3.19. The Morgan fingerprint density at radius 3 is 2.31 bits per heavy atom. The number of aryl methyl sites for hydroxylation is 1. The summed E-state index contributed by atoms with van der Waals surface area (Å²) in [5.41, 5.74) is 6.32. The molecular formula is C13H19F2N. The summed E-state index contributed by atoms with van der Waals surface area (Å²) in [6.07, 6.45) is 0.809. The summed E-state index contributed by atoms with van der Waals surface area (Å²) in [5.74, 6) is -0.827. The second kappa shape index (κ2) is 4.50. The molecule has 0 heterocycles. The molecule has 0 saturated heterocycles. The first-order valence-corrected chi connectivity index (χ1v) is 5.50. The monoisotopic (exact) mass is 227 g/mol. The first-order valence-electron chi connectivity index (χ1n) is 5.50. The Morgan fingerprint density at radius 2 is 1.81 bits per heavy atom. The molecule has 1 aromatic rings. The van der Waals surface area contributed by atoms with Gasteiger partial charge in [-0.1, -0.05) is 20.8 Å². The van der Waals surface area contributed by atoms with Crippen LogP contribution >= 0.6 is 0 Å². The third-order valence-corrected chi connectivity index (χ3v) is 3.37. The molecule has 0 amide bonds. The summed E-state index contributed by atoms with van der Waals surface area (Å²) < 4.78 is 27.1. The molecule has 0 spiro atoms. The quantitative estimate of drug-likeness (QED) is 0.837. The van der Waals surface area contributed by atoms with Crippen LogP contribution in [0.5, 0.6) is 0 Å². The zero-order chi connectivity index (χ0) is 12.5. The van der Waals surface area contributed by atoms with Crippen molar-refractivity contribution >= 4 is 0 Å². The van der Waals surface area contributed by atoms with Crippen molar-refractivity contribution in [3.63, 3.8) is 0 Å². The van der Waals surface area contributed by atoms with Gasteiger partial charge in [-0.3, -0.25) is 0 Å². The zero-order valence-electron chi connectivity index (χ0n) is 10.3. The second-order valence-corrected chi connectivity index (χ2v) is 4.94. The molecule has 90 valence electrons. The molecule has 1 nitrogen and oxygen atoms in total. The lowest BCUT2D eigenvalue weighted by Gasteiger charge is -2.31. The van der Waals surface area contributed by atoms with E-state index in [-0.39, 0.29) is 11.0 Å². The van der Waals surface area contributed by atoms with Gasteiger partial charge >= 0.3 is 0 Å². The number of benzene rings is 1. The van der Waals surface area contributed by atoms with Crippen LogP contribution in [0.4, 0.5) is 8.78 Å². The fourth-order valence-corrected chi connectivity index (χ4v) is 1.54. The number of nitrogens with two attached hydrogens (primary N) is 1. The van der Waals surface area contributed by atoms with Crippen molar-refractivity contribution in [1.82, 2.24) is 0 Å². The van der Waals surface area contributed by atoms with Crippen LogP contribution in [0.2, 0.25) is 0 Å². The highest BCUT2D eigenvalue weighted by molar-refractivity contribution is 5.28. The Hall–Kier alpha value is -0.960. The van der Waals surface area contributed by atoms with Crippen molar-refractivity contribution in [3.05, 3.63) is 34.9 Å². The van der Waals surface area contributed by atoms with Crippen molar-refractivity contribution < 1.29 is 8.78 Å². The molecule has 0 aliphatic heterocycles. The Morgan fingerprint density at radius 1 is 1.25 bits per heavy atom. The summed E-state index contributed by atoms with van der Waals surface area (Å²) in [4.78, 5) is 0. The molecule has 0 aliphatic carbocycles. The molecule has 0 radical (unpaired) electrons. The lowest BCUT2D eigenvalue weighted by atomic mass is 9.78. The van der Waals surface area contributed by atoms with E-state index in [0.29, 0.717) is 5.56 Å². The van der Waals surface area contributed by atoms with E-state index in [0.717, 1.165) is 6.42 Å². The maximum absolute atomic E-state index is 13.7. The maximum Gasteiger partial charge on any atom is 0.128 e. The molecule has 2 N–H and O–H groups in total. The van der Waals surface area contributed by atoms with Gasteiger partial charge in [0.05, 0.1) is 0 Å². The molecule has 3 heteroatoms. The van der Waals surface area contributed by atoms with Crippen molar-refractivity contribution in [3.8, 4) is 0 Å². The van der Waals surface area contributed by atoms with E-state index in [2.05, 4.69) is 0 Å². The zero-order valence-corrected chi connectivity index (χ0v) is 10.3. The molecule has 0 saturated carbocycles. The van der Waals surface area contributed by atoms with Crippen LogP contribution in [0.3, 0.4) is 0 Å². The highest BCUT2D eigenvalue weighted by atomic mass is 19.1. The Bertz CT molecular complexity index is 386. The largest absolute Gasteiger partial charge is 0.323 e. The summed E-state index contributed by atoms with van der Waals surface area (Å²) in [6.45, 7) is 7.44. The highest BCUT2D eigenvalue weighted by Crippen LogP contribution is 2.35. The lowest BCUT2D eigenvalue weighted by molar-refractivity contribution is 0.272. The molecule has 0 aromatic heterocycles. The number of rotatable bonds is 3. The average molecular weight is 227 g/mol. The van der Waals surface area contributed by atoms with Crippen molar-refractivity contribution in [2.24, 2.45) is 11.1 Å². The normalized spacial score (nSPS) is 13.9. The molecule has 1 unspecified atom stereocenters. The summed E-state index contributed by atoms with van der Waals surface area (Å²) in [6, 6.07) is 1.93. The van der Waals surface area contributed by atoms with Crippen LogP contribution in [0.15, 0.2) is 12.1 Å². The average Bonchev–Trinajstić information content (AvgIpc) is 2.22. The van der Waals surface area contributed by atoms with E-state index < -0.39 is 17.7 Å². The molecule has 0 bridgehead atoms. The first kappa shape index (κ1) is 13.1. The van der Waals surface area contributed by atoms with Gasteiger partial charge in [-0.2, -0.15) is 0 Å². The van der Waals surface area contributed by atoms with Crippen molar-refractivity contribution in [2.45, 2.75) is 40.2 Å². The van der Waals surface area contributed by atoms with Crippen LogP contribution in [-0.4, -0.2) is 0 Å². The SMILES string of the molecule is CCC(C)(C)C(N)c1cc(F)c(C)cc1F. The fraction of sp³-hybridized carbons (Fsp3) is 0.538. The predicted octanol–water partition coefficient (Wildman–Crippen LogP) is 3.71. The minimum Gasteiger partial charge on any atom is -0.323 e. The third-order valence-electron chi connectivity index (χ3n) is 3.37. The highest BCUT2D eigenvalue weighted by Gasteiger charge is 2.28. The van der Waals surface area contributed by atoms with Gasteiger partial charge in [0.1, 0.15) is 11.6 Å². The molecule has 16 heavy (non-hydrogen) atoms. The number of hydrogen-bond acceptors (Lipinski definition) is 1. The van der Waals surface area contributed by atoms with Crippen LogP contribution in [-0.2, 0) is 0 Å². The molecular weight excluding hydrogens is 208 g/mol. The van der Waals surface area contributed by atoms with E-state index in [1.807, 2.05) is 20.8 Å². The summed E-state index contributed by atoms with van der Waals surface area (Å²) in [7, 11) is 0. The fourth-order valence-electron chi connectivity index (χ4n) is 1.54. The van der Waals surface area contributed by atoms with Gasteiger partial charge in [-0.25, -0.2) is 8.78 Å². The third kappa shape index (κ3) is 2.40. The standard InChI is InChI=1S/C13H19F2N/c1-5-13(3,4)12(16)9-7-10(14)8(2)6-11(9)15/h6-7,12H,5,16H2,1-4H3. The summed E-state index contributed by atoms with van der Waals surface area (Å²) >= 11 is 0. The van der Waals surface area contributed by atoms with Gasteiger partial charge in [-0.15, -0.1) is 0 Å². The molecule has 1 aromatic carbocycles. The minimum absolute atomic E-state index is 0.247. The summed E-state index contributed by atoms with van der Waals surface area (Å²) in [5, 5.41) is 0. The molecule has 0 aliphatic rings. The van der Waals surface area contributed by atoms with Crippen LogP contribution in [0, 0.1) is 24.0 Å².